The van der Waals surface area contributed by atoms with E-state index in [1.807, 2.05) is 30.0 Å². The van der Waals surface area contributed by atoms with Gasteiger partial charge in [-0.05, 0) is 19.1 Å². The average Bonchev–Trinajstić information content (AvgIpc) is 3.06. The number of carbonyl (C=O) groups excluding carboxylic acids is 2. The molecule has 0 atom stereocenters. The first-order chi connectivity index (χ1) is 13.4. The van der Waals surface area contributed by atoms with Gasteiger partial charge in [0.15, 0.2) is 0 Å². The predicted octanol–water partition coefficient (Wildman–Crippen LogP) is 1.96. The van der Waals surface area contributed by atoms with E-state index in [4.69, 9.17) is 9.15 Å². The van der Waals surface area contributed by atoms with Crippen LogP contribution in [0.1, 0.15) is 34.7 Å². The number of ether oxygens (including phenoxy) is 1. The van der Waals surface area contributed by atoms with E-state index < -0.39 is 5.60 Å². The number of nitrogens with zero attached hydrogens (tertiary/aromatic N) is 3. The maximum Gasteiger partial charge on any atom is 0.277 e. The van der Waals surface area contributed by atoms with Crippen LogP contribution in [0.2, 0.25) is 0 Å². The molecule has 1 saturated heterocycles. The number of likely N-dealkylation sites (tertiary alicyclic amines) is 1. The van der Waals surface area contributed by atoms with Gasteiger partial charge in [-0.25, -0.2) is 0 Å². The van der Waals surface area contributed by atoms with E-state index >= 15 is 0 Å². The number of fused-ring (bicyclic) bond motifs is 1. The smallest absolute Gasteiger partial charge is 0.277 e. The molecule has 9 heteroatoms. The van der Waals surface area contributed by atoms with E-state index in [1.54, 1.807) is 6.92 Å². The van der Waals surface area contributed by atoms with Crippen LogP contribution in [0.5, 0.6) is 5.75 Å². The molecule has 1 fully saturated rings. The molecule has 0 aliphatic carbocycles. The summed E-state index contributed by atoms with van der Waals surface area (Å²) in [5, 5.41) is 11.0. The number of hydrogen-bond acceptors (Lipinski definition) is 7. The summed E-state index contributed by atoms with van der Waals surface area (Å²) in [5.41, 5.74) is 1.10. The van der Waals surface area contributed by atoms with Crippen LogP contribution in [0.15, 0.2) is 27.8 Å². The van der Waals surface area contributed by atoms with Crippen LogP contribution in [0, 0.1) is 13.8 Å². The number of hydrogen-bond donors (Lipinski definition) is 1. The number of nitrogens with one attached hydrogen (secondary N) is 1. The summed E-state index contributed by atoms with van der Waals surface area (Å²) in [5.74, 6) is 1.28. The lowest BCUT2D eigenvalue weighted by atomic mass is 9.91. The van der Waals surface area contributed by atoms with Gasteiger partial charge in [0.2, 0.25) is 11.8 Å². The summed E-state index contributed by atoms with van der Waals surface area (Å²) >= 11 is 1.25. The third-order valence-corrected chi connectivity index (χ3v) is 5.93. The van der Waals surface area contributed by atoms with Crippen LogP contribution in [-0.2, 0) is 4.79 Å². The Labute approximate surface area is 167 Å². The highest BCUT2D eigenvalue weighted by Crippen LogP contribution is 2.33. The average molecular weight is 402 g/mol. The first-order valence-corrected chi connectivity index (χ1v) is 10.2. The van der Waals surface area contributed by atoms with Gasteiger partial charge < -0.3 is 19.4 Å². The van der Waals surface area contributed by atoms with Crippen molar-refractivity contribution in [3.8, 4) is 5.75 Å². The third kappa shape index (κ3) is 3.84. The summed E-state index contributed by atoms with van der Waals surface area (Å²) < 4.78 is 11.6. The summed E-state index contributed by atoms with van der Waals surface area (Å²) in [6, 6.07) is 5.65. The fourth-order valence-corrected chi connectivity index (χ4v) is 4.22. The van der Waals surface area contributed by atoms with Crippen molar-refractivity contribution >= 4 is 23.6 Å². The van der Waals surface area contributed by atoms with Crippen LogP contribution in [0.25, 0.3) is 0 Å². The first kappa shape index (κ1) is 18.8. The standard InChI is InChI=1S/C19H22N4O4S/c1-12-3-4-15-14(9-12)17(25)20-11-19(27-15)5-7-23(8-6-19)16(24)10-28-18-22-21-13(2)26-18/h3-4,9H,5-8,10-11H2,1-2H3,(H,20,25). The summed E-state index contributed by atoms with van der Waals surface area (Å²) in [6.07, 6.45) is 1.33. The number of amides is 2. The maximum atomic E-state index is 12.5. The number of aromatic nitrogens is 2. The predicted molar refractivity (Wildman–Crippen MR) is 102 cm³/mol. The van der Waals surface area contributed by atoms with Gasteiger partial charge in [0, 0.05) is 32.9 Å². The van der Waals surface area contributed by atoms with E-state index in [9.17, 15) is 9.59 Å². The lowest BCUT2D eigenvalue weighted by molar-refractivity contribution is -0.131. The lowest BCUT2D eigenvalue weighted by Crippen LogP contribution is -2.54. The van der Waals surface area contributed by atoms with Crippen molar-refractivity contribution < 1.29 is 18.7 Å². The topological polar surface area (TPSA) is 97.6 Å². The Kier molecular flexibility index (Phi) is 5.01. The number of thioether (sulfide) groups is 1. The zero-order chi connectivity index (χ0) is 19.7. The molecule has 0 bridgehead atoms. The molecule has 1 spiro atoms. The second-order valence-corrected chi connectivity index (χ2v) is 8.15. The lowest BCUT2D eigenvalue weighted by Gasteiger charge is -2.41. The number of piperidine rings is 1. The van der Waals surface area contributed by atoms with Gasteiger partial charge >= 0.3 is 0 Å². The highest BCUT2D eigenvalue weighted by Gasteiger charge is 2.40. The summed E-state index contributed by atoms with van der Waals surface area (Å²) in [4.78, 5) is 26.7. The Morgan fingerprint density at radius 3 is 2.79 bits per heavy atom. The second kappa shape index (κ2) is 7.46. The van der Waals surface area contributed by atoms with Crippen molar-refractivity contribution in [1.29, 1.82) is 0 Å². The molecule has 1 aromatic heterocycles. The molecule has 2 aromatic rings. The molecular formula is C19H22N4O4S. The highest BCUT2D eigenvalue weighted by molar-refractivity contribution is 7.99. The summed E-state index contributed by atoms with van der Waals surface area (Å²) in [7, 11) is 0. The van der Waals surface area contributed by atoms with Crippen molar-refractivity contribution in [2.75, 3.05) is 25.4 Å². The molecule has 4 rings (SSSR count). The number of carbonyl (C=O) groups is 2. The molecule has 2 aliphatic heterocycles. The molecule has 1 N–H and O–H groups in total. The van der Waals surface area contributed by atoms with E-state index in [-0.39, 0.29) is 17.6 Å². The van der Waals surface area contributed by atoms with E-state index in [2.05, 4.69) is 15.5 Å². The Hall–Kier alpha value is -2.55. The molecule has 0 unspecified atom stereocenters. The second-order valence-electron chi connectivity index (χ2n) is 7.22. The molecule has 0 radical (unpaired) electrons. The highest BCUT2D eigenvalue weighted by atomic mass is 32.2. The van der Waals surface area contributed by atoms with Crippen LogP contribution < -0.4 is 10.1 Å². The first-order valence-electron chi connectivity index (χ1n) is 9.23. The number of aryl methyl sites for hydroxylation is 2. The molecule has 28 heavy (non-hydrogen) atoms. The summed E-state index contributed by atoms with van der Waals surface area (Å²) in [6.45, 7) is 5.27. The van der Waals surface area contributed by atoms with Gasteiger partial charge in [-0.3, -0.25) is 9.59 Å². The molecule has 0 saturated carbocycles. The maximum absolute atomic E-state index is 12.5. The molecule has 2 aliphatic rings. The number of benzene rings is 1. The van der Waals surface area contributed by atoms with Crippen LogP contribution in [0.3, 0.4) is 0 Å². The van der Waals surface area contributed by atoms with Gasteiger partial charge in [0.1, 0.15) is 11.4 Å². The van der Waals surface area contributed by atoms with Gasteiger partial charge in [-0.15, -0.1) is 10.2 Å². The molecule has 1 aromatic carbocycles. The van der Waals surface area contributed by atoms with E-state index in [0.717, 1.165) is 5.56 Å². The van der Waals surface area contributed by atoms with Crippen molar-refractivity contribution in [2.24, 2.45) is 0 Å². The zero-order valence-corrected chi connectivity index (χ0v) is 16.7. The van der Waals surface area contributed by atoms with Gasteiger partial charge in [0.05, 0.1) is 17.9 Å². The minimum absolute atomic E-state index is 0.0318. The molecule has 148 valence electrons. The normalized spacial score (nSPS) is 18.2. The Bertz CT molecular complexity index is 905. The van der Waals surface area contributed by atoms with E-state index in [0.29, 0.717) is 54.9 Å². The number of rotatable bonds is 3. The minimum Gasteiger partial charge on any atom is -0.484 e. The van der Waals surface area contributed by atoms with Crippen LogP contribution >= 0.6 is 11.8 Å². The van der Waals surface area contributed by atoms with Gasteiger partial charge in [-0.2, -0.15) is 0 Å². The van der Waals surface area contributed by atoms with Gasteiger partial charge in [-0.1, -0.05) is 23.4 Å². The van der Waals surface area contributed by atoms with Crippen molar-refractivity contribution in [3.05, 3.63) is 35.2 Å². The minimum atomic E-state index is -0.482. The molecular weight excluding hydrogens is 380 g/mol. The third-order valence-electron chi connectivity index (χ3n) is 5.13. The molecule has 8 nitrogen and oxygen atoms in total. The van der Waals surface area contributed by atoms with Gasteiger partial charge in [0.25, 0.3) is 11.1 Å². The van der Waals surface area contributed by atoms with Crippen molar-refractivity contribution in [2.45, 2.75) is 37.5 Å². The van der Waals surface area contributed by atoms with Crippen molar-refractivity contribution in [1.82, 2.24) is 20.4 Å². The zero-order valence-electron chi connectivity index (χ0n) is 15.9. The Morgan fingerprint density at radius 2 is 2.07 bits per heavy atom. The SMILES string of the molecule is Cc1ccc2c(c1)C(=O)NCC1(CCN(C(=O)CSc3nnc(C)o3)CC1)O2. The fourth-order valence-electron chi connectivity index (χ4n) is 3.51. The van der Waals surface area contributed by atoms with Crippen LogP contribution in [0.4, 0.5) is 0 Å². The van der Waals surface area contributed by atoms with E-state index in [1.165, 1.54) is 11.8 Å². The largest absolute Gasteiger partial charge is 0.484 e. The fraction of sp³-hybridized carbons (Fsp3) is 0.474. The molecule has 2 amide bonds. The van der Waals surface area contributed by atoms with Crippen molar-refractivity contribution in [3.63, 3.8) is 0 Å². The molecule has 3 heterocycles. The Balaban J connectivity index is 1.38. The monoisotopic (exact) mass is 402 g/mol. The quantitative estimate of drug-likeness (QED) is 0.784. The Morgan fingerprint density at radius 1 is 1.29 bits per heavy atom. The van der Waals surface area contributed by atoms with Crippen LogP contribution in [-0.4, -0.2) is 57.9 Å².